The molecule has 0 saturated heterocycles. The Morgan fingerprint density at radius 3 is 2.80 bits per heavy atom. The van der Waals surface area contributed by atoms with Crippen molar-refractivity contribution in [2.45, 2.75) is 31.8 Å². The Balaban J connectivity index is 1.59. The van der Waals surface area contributed by atoms with E-state index in [0.717, 1.165) is 35.1 Å². The van der Waals surface area contributed by atoms with Crippen molar-refractivity contribution in [3.63, 3.8) is 0 Å². The molecule has 1 aliphatic rings. The maximum Gasteiger partial charge on any atom is 0.242 e. The largest absolute Gasteiger partial charge is 0.497 e. The standard InChI is InChI=1S/C22H22N6O2/c1-13(21(29)24-15-10-11-15)23-22-25-18-9-4-3-8-17(18)20-26-19(27-28(20)22)14-6-5-7-16(12-14)30-2/h3-9,12-13,15H,10-11H2,1-2H3,(H,23,25)(H,24,29)/t13-/m1/s1. The lowest BCUT2D eigenvalue weighted by molar-refractivity contribution is -0.121. The average Bonchev–Trinajstić information content (AvgIpc) is 3.47. The smallest absolute Gasteiger partial charge is 0.242 e. The highest BCUT2D eigenvalue weighted by molar-refractivity contribution is 5.93. The van der Waals surface area contributed by atoms with Crippen molar-refractivity contribution in [2.75, 3.05) is 12.4 Å². The number of para-hydroxylation sites is 1. The first kappa shape index (κ1) is 18.4. The molecule has 2 aromatic heterocycles. The van der Waals surface area contributed by atoms with Crippen LogP contribution in [0, 0.1) is 0 Å². The maximum absolute atomic E-state index is 12.4. The molecular formula is C22H22N6O2. The molecule has 5 rings (SSSR count). The summed E-state index contributed by atoms with van der Waals surface area (Å²) in [5.41, 5.74) is 2.30. The lowest BCUT2D eigenvalue weighted by Gasteiger charge is -2.15. The third-order valence-corrected chi connectivity index (χ3v) is 5.17. The van der Waals surface area contributed by atoms with E-state index >= 15 is 0 Å². The quantitative estimate of drug-likeness (QED) is 0.515. The molecule has 152 valence electrons. The number of rotatable bonds is 6. The zero-order chi connectivity index (χ0) is 20.7. The first-order chi connectivity index (χ1) is 14.6. The summed E-state index contributed by atoms with van der Waals surface area (Å²) in [6, 6.07) is 15.2. The number of nitrogens with zero attached hydrogens (tertiary/aromatic N) is 4. The highest BCUT2D eigenvalue weighted by Crippen LogP contribution is 2.26. The van der Waals surface area contributed by atoms with E-state index in [4.69, 9.17) is 14.7 Å². The second-order valence-electron chi connectivity index (χ2n) is 7.50. The first-order valence-electron chi connectivity index (χ1n) is 9.99. The number of methoxy groups -OCH3 is 1. The van der Waals surface area contributed by atoms with Crippen LogP contribution in [0.4, 0.5) is 5.95 Å². The molecule has 8 heteroatoms. The molecule has 1 amide bonds. The number of benzene rings is 2. The van der Waals surface area contributed by atoms with Crippen LogP contribution in [0.25, 0.3) is 27.9 Å². The van der Waals surface area contributed by atoms with E-state index in [-0.39, 0.29) is 5.91 Å². The van der Waals surface area contributed by atoms with Crippen LogP contribution in [0.1, 0.15) is 19.8 Å². The van der Waals surface area contributed by atoms with Gasteiger partial charge >= 0.3 is 0 Å². The molecule has 1 aliphatic carbocycles. The van der Waals surface area contributed by atoms with E-state index in [1.54, 1.807) is 11.6 Å². The molecule has 30 heavy (non-hydrogen) atoms. The first-order valence-corrected chi connectivity index (χ1v) is 9.99. The van der Waals surface area contributed by atoms with Gasteiger partial charge in [0.05, 0.1) is 12.6 Å². The number of carbonyl (C=O) groups excluding carboxylic acids is 1. The fourth-order valence-corrected chi connectivity index (χ4v) is 3.35. The Labute approximate surface area is 173 Å². The Morgan fingerprint density at radius 2 is 2.00 bits per heavy atom. The summed E-state index contributed by atoms with van der Waals surface area (Å²) >= 11 is 0. The molecule has 2 heterocycles. The molecule has 1 fully saturated rings. The van der Waals surface area contributed by atoms with E-state index in [1.807, 2.05) is 55.5 Å². The number of amides is 1. The van der Waals surface area contributed by atoms with Crippen LogP contribution in [0.2, 0.25) is 0 Å². The summed E-state index contributed by atoms with van der Waals surface area (Å²) < 4.78 is 6.99. The molecule has 0 bridgehead atoms. The predicted octanol–water partition coefficient (Wildman–Crippen LogP) is 3.03. The predicted molar refractivity (Wildman–Crippen MR) is 115 cm³/mol. The molecule has 0 radical (unpaired) electrons. The van der Waals surface area contributed by atoms with Crippen LogP contribution in [0.5, 0.6) is 5.75 Å². The van der Waals surface area contributed by atoms with E-state index in [9.17, 15) is 4.79 Å². The zero-order valence-electron chi connectivity index (χ0n) is 16.8. The van der Waals surface area contributed by atoms with Crippen LogP contribution >= 0.6 is 0 Å². The molecule has 0 unspecified atom stereocenters. The lowest BCUT2D eigenvalue weighted by atomic mass is 10.2. The van der Waals surface area contributed by atoms with Crippen molar-refractivity contribution in [2.24, 2.45) is 0 Å². The third-order valence-electron chi connectivity index (χ3n) is 5.17. The van der Waals surface area contributed by atoms with Crippen molar-refractivity contribution in [1.29, 1.82) is 0 Å². The Hall–Kier alpha value is -3.68. The topological polar surface area (TPSA) is 93.4 Å². The highest BCUT2D eigenvalue weighted by Gasteiger charge is 2.26. The van der Waals surface area contributed by atoms with E-state index in [2.05, 4.69) is 15.7 Å². The molecule has 8 nitrogen and oxygen atoms in total. The molecule has 2 N–H and O–H groups in total. The van der Waals surface area contributed by atoms with Crippen LogP contribution in [0.3, 0.4) is 0 Å². The molecule has 4 aromatic rings. The van der Waals surface area contributed by atoms with Gasteiger partial charge in [-0.2, -0.15) is 4.52 Å². The molecule has 1 saturated carbocycles. The SMILES string of the molecule is COc1cccc(-c2nc3c4ccccc4nc(N[C@H](C)C(=O)NC4CC4)n3n2)c1. The molecular weight excluding hydrogens is 380 g/mol. The van der Waals surface area contributed by atoms with Gasteiger partial charge in [0, 0.05) is 17.0 Å². The minimum Gasteiger partial charge on any atom is -0.497 e. The number of fused-ring (bicyclic) bond motifs is 3. The summed E-state index contributed by atoms with van der Waals surface area (Å²) in [5, 5.41) is 11.8. The molecule has 2 aromatic carbocycles. The number of carbonyl (C=O) groups is 1. The second kappa shape index (κ2) is 7.29. The van der Waals surface area contributed by atoms with Crippen LogP contribution in [-0.2, 0) is 4.79 Å². The Kier molecular flexibility index (Phi) is 4.46. The second-order valence-corrected chi connectivity index (χ2v) is 7.50. The number of hydrogen-bond donors (Lipinski definition) is 2. The van der Waals surface area contributed by atoms with Gasteiger partial charge in [-0.3, -0.25) is 4.79 Å². The number of ether oxygens (including phenoxy) is 1. The van der Waals surface area contributed by atoms with Gasteiger partial charge in [0.2, 0.25) is 11.9 Å². The van der Waals surface area contributed by atoms with E-state index in [0.29, 0.717) is 23.5 Å². The van der Waals surface area contributed by atoms with Gasteiger partial charge < -0.3 is 15.4 Å². The average molecular weight is 402 g/mol. The van der Waals surface area contributed by atoms with E-state index < -0.39 is 6.04 Å². The molecule has 0 aliphatic heterocycles. The van der Waals surface area contributed by atoms with Gasteiger partial charge in [0.25, 0.3) is 0 Å². The fraction of sp³-hybridized carbons (Fsp3) is 0.273. The van der Waals surface area contributed by atoms with Crippen LogP contribution in [-0.4, -0.2) is 44.7 Å². The van der Waals surface area contributed by atoms with Crippen LogP contribution < -0.4 is 15.4 Å². The summed E-state index contributed by atoms with van der Waals surface area (Å²) in [4.78, 5) is 21.9. The Morgan fingerprint density at radius 1 is 1.17 bits per heavy atom. The van der Waals surface area contributed by atoms with Crippen LogP contribution in [0.15, 0.2) is 48.5 Å². The monoisotopic (exact) mass is 402 g/mol. The third kappa shape index (κ3) is 3.41. The van der Waals surface area contributed by atoms with Crippen molar-refractivity contribution in [1.82, 2.24) is 24.9 Å². The normalized spacial score (nSPS) is 14.6. The molecule has 1 atom stereocenters. The van der Waals surface area contributed by atoms with Gasteiger partial charge in [0.15, 0.2) is 11.5 Å². The summed E-state index contributed by atoms with van der Waals surface area (Å²) in [7, 11) is 1.63. The minimum absolute atomic E-state index is 0.0475. The fourth-order valence-electron chi connectivity index (χ4n) is 3.35. The lowest BCUT2D eigenvalue weighted by Crippen LogP contribution is -2.39. The number of anilines is 1. The Bertz CT molecular complexity index is 1250. The number of hydrogen-bond acceptors (Lipinski definition) is 6. The van der Waals surface area contributed by atoms with Gasteiger partial charge in [-0.15, -0.1) is 5.10 Å². The van der Waals surface area contributed by atoms with Crippen molar-refractivity contribution in [3.05, 3.63) is 48.5 Å². The minimum atomic E-state index is -0.452. The summed E-state index contributed by atoms with van der Waals surface area (Å²) in [6.45, 7) is 1.82. The molecule has 0 spiro atoms. The van der Waals surface area contributed by atoms with Gasteiger partial charge in [-0.05, 0) is 44.0 Å². The van der Waals surface area contributed by atoms with Gasteiger partial charge in [-0.25, -0.2) is 9.97 Å². The summed E-state index contributed by atoms with van der Waals surface area (Å²) in [5.74, 6) is 1.72. The van der Waals surface area contributed by atoms with Gasteiger partial charge in [0.1, 0.15) is 11.8 Å². The zero-order valence-corrected chi connectivity index (χ0v) is 16.8. The van der Waals surface area contributed by atoms with E-state index in [1.165, 1.54) is 0 Å². The maximum atomic E-state index is 12.4. The number of nitrogens with one attached hydrogen (secondary N) is 2. The van der Waals surface area contributed by atoms with Crippen molar-refractivity contribution in [3.8, 4) is 17.1 Å². The van der Waals surface area contributed by atoms with Gasteiger partial charge in [-0.1, -0.05) is 24.3 Å². The van der Waals surface area contributed by atoms with Crippen molar-refractivity contribution < 1.29 is 9.53 Å². The summed E-state index contributed by atoms with van der Waals surface area (Å²) in [6.07, 6.45) is 2.09. The number of aromatic nitrogens is 4. The highest BCUT2D eigenvalue weighted by atomic mass is 16.5. The van der Waals surface area contributed by atoms with Crippen molar-refractivity contribution >= 4 is 28.4 Å².